The summed E-state index contributed by atoms with van der Waals surface area (Å²) in [7, 11) is 0. The normalized spacial score (nSPS) is 10.2. The lowest BCUT2D eigenvalue weighted by Crippen LogP contribution is -2.14. The number of nitrogen functional groups attached to an aromatic ring is 1. The van der Waals surface area contributed by atoms with E-state index in [4.69, 9.17) is 11.5 Å². The molecule has 0 aliphatic heterocycles. The van der Waals surface area contributed by atoms with Gasteiger partial charge in [0.25, 0.3) is 5.91 Å². The molecule has 0 fully saturated rings. The molecule has 2 aromatic rings. The minimum absolute atomic E-state index is 0.153. The smallest absolute Gasteiger partial charge is 0.250 e. The SMILES string of the molecule is NC(=O)c1cccc(Nc2ccc(F)c(F)c2)c1N. The Morgan fingerprint density at radius 3 is 2.47 bits per heavy atom. The number of hydrogen-bond acceptors (Lipinski definition) is 3. The van der Waals surface area contributed by atoms with Crippen molar-refractivity contribution in [2.24, 2.45) is 5.73 Å². The summed E-state index contributed by atoms with van der Waals surface area (Å²) in [6.45, 7) is 0. The van der Waals surface area contributed by atoms with Crippen molar-refractivity contribution in [1.29, 1.82) is 0 Å². The average Bonchev–Trinajstić information content (AvgIpc) is 2.36. The van der Waals surface area contributed by atoms with E-state index in [1.807, 2.05) is 0 Å². The fourth-order valence-electron chi connectivity index (χ4n) is 1.62. The number of amides is 1. The van der Waals surface area contributed by atoms with Gasteiger partial charge in [0.1, 0.15) is 0 Å². The van der Waals surface area contributed by atoms with Crippen LogP contribution in [0.1, 0.15) is 10.4 Å². The third kappa shape index (κ3) is 2.62. The third-order valence-corrected chi connectivity index (χ3v) is 2.57. The summed E-state index contributed by atoms with van der Waals surface area (Å²) in [5.74, 6) is -2.58. The maximum atomic E-state index is 13.1. The standard InChI is InChI=1S/C13H11F2N3O/c14-9-5-4-7(6-10(9)15)18-11-3-1-2-8(12(11)16)13(17)19/h1-6,18H,16H2,(H2,17,19). The van der Waals surface area contributed by atoms with Crippen LogP contribution >= 0.6 is 0 Å². The Morgan fingerprint density at radius 1 is 1.11 bits per heavy atom. The molecule has 0 atom stereocenters. The highest BCUT2D eigenvalue weighted by atomic mass is 19.2. The first-order chi connectivity index (χ1) is 8.99. The van der Waals surface area contributed by atoms with Crippen molar-refractivity contribution < 1.29 is 13.6 Å². The minimum atomic E-state index is -0.977. The van der Waals surface area contributed by atoms with Crippen LogP contribution in [0, 0.1) is 11.6 Å². The molecule has 0 spiro atoms. The zero-order valence-corrected chi connectivity index (χ0v) is 9.78. The van der Waals surface area contributed by atoms with Crippen molar-refractivity contribution in [3.05, 3.63) is 53.6 Å². The fraction of sp³-hybridized carbons (Fsp3) is 0. The van der Waals surface area contributed by atoms with Crippen molar-refractivity contribution in [1.82, 2.24) is 0 Å². The monoisotopic (exact) mass is 263 g/mol. The summed E-state index contributed by atoms with van der Waals surface area (Å²) in [4.78, 5) is 11.1. The van der Waals surface area contributed by atoms with Gasteiger partial charge in [0, 0.05) is 11.8 Å². The summed E-state index contributed by atoms with van der Waals surface area (Å²) in [5.41, 5.74) is 11.9. The van der Waals surface area contributed by atoms with Gasteiger partial charge in [-0.05, 0) is 24.3 Å². The molecular formula is C13H11F2N3O. The molecule has 0 aliphatic rings. The first-order valence-corrected chi connectivity index (χ1v) is 5.39. The minimum Gasteiger partial charge on any atom is -0.396 e. The number of primary amides is 1. The highest BCUT2D eigenvalue weighted by Gasteiger charge is 2.10. The number of rotatable bonds is 3. The predicted molar refractivity (Wildman–Crippen MR) is 69.0 cm³/mol. The molecule has 19 heavy (non-hydrogen) atoms. The van der Waals surface area contributed by atoms with Crippen LogP contribution in [0.4, 0.5) is 25.8 Å². The Morgan fingerprint density at radius 2 is 1.84 bits per heavy atom. The van der Waals surface area contributed by atoms with Crippen LogP contribution in [-0.4, -0.2) is 5.91 Å². The lowest BCUT2D eigenvalue weighted by Gasteiger charge is -2.11. The van der Waals surface area contributed by atoms with Gasteiger partial charge in [0.05, 0.1) is 16.9 Å². The van der Waals surface area contributed by atoms with E-state index < -0.39 is 17.5 Å². The largest absolute Gasteiger partial charge is 0.396 e. The van der Waals surface area contributed by atoms with Crippen LogP contribution in [0.3, 0.4) is 0 Å². The van der Waals surface area contributed by atoms with Crippen molar-refractivity contribution in [3.8, 4) is 0 Å². The predicted octanol–water partition coefficient (Wildman–Crippen LogP) is 2.39. The van der Waals surface area contributed by atoms with Crippen LogP contribution in [0.25, 0.3) is 0 Å². The Bertz CT molecular complexity index is 644. The summed E-state index contributed by atoms with van der Waals surface area (Å²) in [6.07, 6.45) is 0. The van der Waals surface area contributed by atoms with Gasteiger partial charge < -0.3 is 16.8 Å². The van der Waals surface area contributed by atoms with Crippen LogP contribution in [0.5, 0.6) is 0 Å². The lowest BCUT2D eigenvalue weighted by atomic mass is 10.1. The van der Waals surface area contributed by atoms with E-state index in [0.717, 1.165) is 12.1 Å². The average molecular weight is 263 g/mol. The molecule has 0 bridgehead atoms. The molecule has 0 radical (unpaired) electrons. The highest BCUT2D eigenvalue weighted by Crippen LogP contribution is 2.26. The van der Waals surface area contributed by atoms with Crippen molar-refractivity contribution in [3.63, 3.8) is 0 Å². The third-order valence-electron chi connectivity index (χ3n) is 2.57. The first kappa shape index (κ1) is 12.8. The number of hydrogen-bond donors (Lipinski definition) is 3. The van der Waals surface area contributed by atoms with E-state index in [2.05, 4.69) is 5.32 Å². The Balaban J connectivity index is 2.35. The summed E-state index contributed by atoms with van der Waals surface area (Å²) < 4.78 is 25.9. The van der Waals surface area contributed by atoms with E-state index in [1.165, 1.54) is 12.1 Å². The number of anilines is 3. The molecular weight excluding hydrogens is 252 g/mol. The number of halogens is 2. The molecule has 0 saturated heterocycles. The Labute approximate surface area is 108 Å². The molecule has 6 heteroatoms. The van der Waals surface area contributed by atoms with Crippen molar-refractivity contribution in [2.45, 2.75) is 0 Å². The molecule has 2 aromatic carbocycles. The van der Waals surface area contributed by atoms with Gasteiger partial charge in [-0.1, -0.05) is 6.07 Å². The second kappa shape index (κ2) is 4.93. The van der Waals surface area contributed by atoms with Crippen LogP contribution < -0.4 is 16.8 Å². The van der Waals surface area contributed by atoms with E-state index in [9.17, 15) is 13.6 Å². The van der Waals surface area contributed by atoms with Gasteiger partial charge in [0.15, 0.2) is 11.6 Å². The van der Waals surface area contributed by atoms with Gasteiger partial charge in [-0.25, -0.2) is 8.78 Å². The number of nitrogens with two attached hydrogens (primary N) is 2. The highest BCUT2D eigenvalue weighted by molar-refractivity contribution is 6.01. The Hall–Kier alpha value is -2.63. The van der Waals surface area contributed by atoms with E-state index in [1.54, 1.807) is 12.1 Å². The fourth-order valence-corrected chi connectivity index (χ4v) is 1.62. The topological polar surface area (TPSA) is 81.1 Å². The molecule has 2 rings (SSSR count). The molecule has 4 nitrogen and oxygen atoms in total. The molecule has 0 heterocycles. The number of nitrogens with one attached hydrogen (secondary N) is 1. The Kier molecular flexibility index (Phi) is 3.33. The van der Waals surface area contributed by atoms with Crippen LogP contribution in [0.2, 0.25) is 0 Å². The molecule has 1 amide bonds. The summed E-state index contributed by atoms with van der Waals surface area (Å²) >= 11 is 0. The van der Waals surface area contributed by atoms with Crippen LogP contribution in [-0.2, 0) is 0 Å². The van der Waals surface area contributed by atoms with Gasteiger partial charge in [-0.15, -0.1) is 0 Å². The molecule has 0 aliphatic carbocycles. The maximum absolute atomic E-state index is 13.1. The number of carbonyl (C=O) groups excluding carboxylic acids is 1. The first-order valence-electron chi connectivity index (χ1n) is 5.39. The number of para-hydroxylation sites is 1. The molecule has 0 unspecified atom stereocenters. The zero-order valence-electron chi connectivity index (χ0n) is 9.78. The van der Waals surface area contributed by atoms with E-state index in [0.29, 0.717) is 11.4 Å². The van der Waals surface area contributed by atoms with Gasteiger partial charge >= 0.3 is 0 Å². The second-order valence-corrected chi connectivity index (χ2v) is 3.88. The van der Waals surface area contributed by atoms with Crippen LogP contribution in [0.15, 0.2) is 36.4 Å². The van der Waals surface area contributed by atoms with Gasteiger partial charge in [-0.3, -0.25) is 4.79 Å². The van der Waals surface area contributed by atoms with Gasteiger partial charge in [0.2, 0.25) is 0 Å². The maximum Gasteiger partial charge on any atom is 0.250 e. The molecule has 0 aromatic heterocycles. The molecule has 5 N–H and O–H groups in total. The van der Waals surface area contributed by atoms with Crippen molar-refractivity contribution >= 4 is 23.0 Å². The summed E-state index contributed by atoms with van der Waals surface area (Å²) in [6, 6.07) is 8.00. The second-order valence-electron chi connectivity index (χ2n) is 3.88. The molecule has 98 valence electrons. The zero-order chi connectivity index (χ0) is 14.0. The summed E-state index contributed by atoms with van der Waals surface area (Å²) in [5, 5.41) is 2.80. The molecule has 0 saturated carbocycles. The van der Waals surface area contributed by atoms with Crippen molar-refractivity contribution in [2.75, 3.05) is 11.1 Å². The van der Waals surface area contributed by atoms with E-state index in [-0.39, 0.29) is 11.3 Å². The van der Waals surface area contributed by atoms with E-state index >= 15 is 0 Å². The van der Waals surface area contributed by atoms with Gasteiger partial charge in [-0.2, -0.15) is 0 Å². The quantitative estimate of drug-likeness (QED) is 0.744. The lowest BCUT2D eigenvalue weighted by molar-refractivity contribution is 0.100. The number of carbonyl (C=O) groups is 1. The number of benzene rings is 2.